The van der Waals surface area contributed by atoms with Crippen molar-refractivity contribution in [2.75, 3.05) is 6.61 Å². The van der Waals surface area contributed by atoms with Gasteiger partial charge in [-0.15, -0.1) is 0 Å². The second-order valence-electron chi connectivity index (χ2n) is 9.00. The molecule has 7 heteroatoms. The lowest BCUT2D eigenvalue weighted by Gasteiger charge is -2.57. The Kier molecular flexibility index (Phi) is 4.38. The lowest BCUT2D eigenvalue weighted by atomic mass is 9.47. The van der Waals surface area contributed by atoms with Gasteiger partial charge in [0.05, 0.1) is 12.7 Å². The molecule has 0 radical (unpaired) electrons. The molecule has 0 aromatic rings. The van der Waals surface area contributed by atoms with E-state index in [1.54, 1.807) is 0 Å². The molecule has 26 heavy (non-hydrogen) atoms. The maximum atomic E-state index is 12.5. The first-order valence-corrected chi connectivity index (χ1v) is 11.0. The number of hydrogen-bond acceptors (Lipinski definition) is 5. The Bertz CT molecular complexity index is 743. The zero-order valence-electron chi connectivity index (χ0n) is 15.2. The van der Waals surface area contributed by atoms with E-state index >= 15 is 0 Å². The average Bonchev–Trinajstić information content (AvgIpc) is 2.88. The van der Waals surface area contributed by atoms with E-state index in [-0.39, 0.29) is 17.9 Å². The number of ketones is 1. The molecule has 3 saturated carbocycles. The fourth-order valence-electron chi connectivity index (χ4n) is 6.66. The molecule has 0 amide bonds. The third kappa shape index (κ3) is 2.79. The van der Waals surface area contributed by atoms with Gasteiger partial charge in [-0.3, -0.25) is 9.35 Å². The van der Waals surface area contributed by atoms with Crippen molar-refractivity contribution in [1.82, 2.24) is 0 Å². The first kappa shape index (κ1) is 18.6. The molecule has 4 rings (SSSR count). The lowest BCUT2D eigenvalue weighted by Crippen LogP contribution is -2.53. The Labute approximate surface area is 155 Å². The van der Waals surface area contributed by atoms with Gasteiger partial charge in [0, 0.05) is 17.3 Å². The fraction of sp³-hybridized carbons (Fsp3) is 0.842. The van der Waals surface area contributed by atoms with Crippen LogP contribution in [0.5, 0.6) is 0 Å². The molecule has 4 aliphatic carbocycles. The molecule has 2 N–H and O–H groups in total. The maximum absolute atomic E-state index is 12.5. The molecular weight excluding hydrogens is 356 g/mol. The third-order valence-electron chi connectivity index (χ3n) is 7.98. The van der Waals surface area contributed by atoms with Crippen molar-refractivity contribution in [2.24, 2.45) is 28.6 Å². The van der Waals surface area contributed by atoms with E-state index in [9.17, 15) is 18.3 Å². The summed E-state index contributed by atoms with van der Waals surface area (Å²) >= 11 is 0. The predicted molar refractivity (Wildman–Crippen MR) is 94.5 cm³/mol. The van der Waals surface area contributed by atoms with E-state index in [1.807, 2.05) is 0 Å². The molecule has 146 valence electrons. The van der Waals surface area contributed by atoms with E-state index in [2.05, 4.69) is 13.0 Å². The highest BCUT2D eigenvalue weighted by Gasteiger charge is 2.60. The Morgan fingerprint density at radius 2 is 2.00 bits per heavy atom. The smallest absolute Gasteiger partial charge is 0.393 e. The molecule has 0 aromatic heterocycles. The zero-order chi connectivity index (χ0) is 18.7. The highest BCUT2D eigenvalue weighted by molar-refractivity contribution is 7.80. The fourth-order valence-corrected chi connectivity index (χ4v) is 7.02. The Hall–Kier alpha value is -0.760. The SMILES string of the molecule is C[C@@]12CC[C@@H]3[C@H](CC=C4C[C@H](O)CC[C@@]43COS(=O)(=O)O)[C@H]1CCC2=O. The van der Waals surface area contributed by atoms with E-state index in [4.69, 9.17) is 8.74 Å². The topological polar surface area (TPSA) is 101 Å². The highest BCUT2D eigenvalue weighted by atomic mass is 32.3. The van der Waals surface area contributed by atoms with Gasteiger partial charge in [-0.1, -0.05) is 18.6 Å². The molecule has 0 saturated heterocycles. The van der Waals surface area contributed by atoms with Gasteiger partial charge in [0.2, 0.25) is 0 Å². The molecule has 4 aliphatic rings. The Balaban J connectivity index is 1.71. The summed E-state index contributed by atoms with van der Waals surface area (Å²) in [7, 11) is -4.51. The van der Waals surface area contributed by atoms with Crippen LogP contribution in [0.25, 0.3) is 0 Å². The maximum Gasteiger partial charge on any atom is 0.397 e. The van der Waals surface area contributed by atoms with Crippen molar-refractivity contribution >= 4 is 16.2 Å². The van der Waals surface area contributed by atoms with Crippen LogP contribution in [0, 0.1) is 28.6 Å². The van der Waals surface area contributed by atoms with Gasteiger partial charge >= 0.3 is 10.4 Å². The van der Waals surface area contributed by atoms with Crippen LogP contribution in [0.3, 0.4) is 0 Å². The first-order chi connectivity index (χ1) is 12.2. The number of fused-ring (bicyclic) bond motifs is 5. The van der Waals surface area contributed by atoms with Crippen LogP contribution >= 0.6 is 0 Å². The van der Waals surface area contributed by atoms with Crippen molar-refractivity contribution < 1.29 is 27.1 Å². The van der Waals surface area contributed by atoms with Crippen LogP contribution in [0.2, 0.25) is 0 Å². The summed E-state index contributed by atoms with van der Waals surface area (Å²) in [5, 5.41) is 10.1. The largest absolute Gasteiger partial charge is 0.397 e. The number of allylic oxidation sites excluding steroid dienone is 1. The zero-order valence-corrected chi connectivity index (χ0v) is 16.0. The Morgan fingerprint density at radius 1 is 1.23 bits per heavy atom. The van der Waals surface area contributed by atoms with Crippen LogP contribution < -0.4 is 0 Å². The first-order valence-electron chi connectivity index (χ1n) is 9.68. The van der Waals surface area contributed by atoms with E-state index < -0.39 is 21.9 Å². The Morgan fingerprint density at radius 3 is 2.73 bits per heavy atom. The standard InChI is InChI=1S/C19H28O6S/c1-18-8-7-16-14(15(18)4-5-17(18)21)3-2-12-10-13(20)6-9-19(12,16)11-25-26(22,23)24/h2,13-16,20H,3-11H2,1H3,(H,22,23,24)/t13-,14-,15-,16-,18-,19-/m1/s1. The highest BCUT2D eigenvalue weighted by Crippen LogP contribution is 2.64. The van der Waals surface area contributed by atoms with Crippen LogP contribution in [-0.2, 0) is 19.4 Å². The van der Waals surface area contributed by atoms with Crippen LogP contribution in [-0.4, -0.2) is 36.6 Å². The number of Topliss-reactive ketones (excluding diaryl/α,β-unsaturated/α-hetero) is 1. The molecular formula is C19H28O6S. The normalized spacial score (nSPS) is 45.5. The van der Waals surface area contributed by atoms with Gasteiger partial charge in [0.15, 0.2) is 0 Å². The van der Waals surface area contributed by atoms with Gasteiger partial charge in [0.1, 0.15) is 5.78 Å². The number of carbonyl (C=O) groups is 1. The van der Waals surface area contributed by atoms with Crippen LogP contribution in [0.15, 0.2) is 11.6 Å². The van der Waals surface area contributed by atoms with Gasteiger partial charge < -0.3 is 5.11 Å². The molecule has 6 nitrogen and oxygen atoms in total. The molecule has 0 heterocycles. The molecule has 0 unspecified atom stereocenters. The number of carbonyl (C=O) groups excluding carboxylic acids is 1. The molecule has 0 aliphatic heterocycles. The number of rotatable bonds is 3. The summed E-state index contributed by atoms with van der Waals surface area (Å²) < 4.78 is 36.6. The lowest BCUT2D eigenvalue weighted by molar-refractivity contribution is -0.132. The molecule has 6 atom stereocenters. The summed E-state index contributed by atoms with van der Waals surface area (Å²) in [5.74, 6) is 1.28. The second kappa shape index (κ2) is 6.12. The second-order valence-corrected chi connectivity index (χ2v) is 10.1. The minimum Gasteiger partial charge on any atom is -0.393 e. The number of aliphatic hydroxyl groups excluding tert-OH is 1. The van der Waals surface area contributed by atoms with Crippen molar-refractivity contribution in [1.29, 1.82) is 0 Å². The molecule has 3 fully saturated rings. The predicted octanol–water partition coefficient (Wildman–Crippen LogP) is 2.68. The van der Waals surface area contributed by atoms with Crippen LogP contribution in [0.1, 0.15) is 58.3 Å². The summed E-state index contributed by atoms with van der Waals surface area (Å²) in [5.41, 5.74) is 0.380. The summed E-state index contributed by atoms with van der Waals surface area (Å²) in [6.45, 7) is 2.04. The van der Waals surface area contributed by atoms with Gasteiger partial charge in [-0.2, -0.15) is 8.42 Å². The number of hydrogen-bond donors (Lipinski definition) is 2. The molecule has 0 bridgehead atoms. The van der Waals surface area contributed by atoms with E-state index in [0.717, 1.165) is 31.3 Å². The van der Waals surface area contributed by atoms with Crippen molar-refractivity contribution in [2.45, 2.75) is 64.4 Å². The number of aliphatic hydroxyl groups is 1. The van der Waals surface area contributed by atoms with E-state index in [1.165, 1.54) is 0 Å². The average molecular weight is 384 g/mol. The van der Waals surface area contributed by atoms with Gasteiger partial charge in [-0.25, -0.2) is 4.18 Å². The minimum atomic E-state index is -4.51. The van der Waals surface area contributed by atoms with Gasteiger partial charge in [-0.05, 0) is 62.7 Å². The quantitative estimate of drug-likeness (QED) is 0.573. The van der Waals surface area contributed by atoms with Gasteiger partial charge in [0.25, 0.3) is 0 Å². The molecule has 0 aromatic carbocycles. The van der Waals surface area contributed by atoms with E-state index in [0.29, 0.717) is 43.3 Å². The monoisotopic (exact) mass is 384 g/mol. The summed E-state index contributed by atoms with van der Waals surface area (Å²) in [6.07, 6.45) is 7.71. The minimum absolute atomic E-state index is 0.0665. The third-order valence-corrected chi connectivity index (χ3v) is 8.39. The summed E-state index contributed by atoms with van der Waals surface area (Å²) in [6, 6.07) is 0. The van der Waals surface area contributed by atoms with Crippen molar-refractivity contribution in [3.05, 3.63) is 11.6 Å². The van der Waals surface area contributed by atoms with Crippen LogP contribution in [0.4, 0.5) is 0 Å². The molecule has 0 spiro atoms. The summed E-state index contributed by atoms with van der Waals surface area (Å²) in [4.78, 5) is 12.5. The van der Waals surface area contributed by atoms with Crippen molar-refractivity contribution in [3.63, 3.8) is 0 Å². The van der Waals surface area contributed by atoms with Crippen molar-refractivity contribution in [3.8, 4) is 0 Å².